The number of hydrogen-bond donors (Lipinski definition) is 1. The van der Waals surface area contributed by atoms with Gasteiger partial charge in [-0.25, -0.2) is 13.4 Å². The Bertz CT molecular complexity index is 1350. The molecule has 5 rings (SSSR count). The molecule has 12 heteroatoms. The molecule has 1 saturated carbocycles. The van der Waals surface area contributed by atoms with E-state index < -0.39 is 9.84 Å². The lowest BCUT2D eigenvalue weighted by molar-refractivity contribution is 0.428. The van der Waals surface area contributed by atoms with Gasteiger partial charge in [0.2, 0.25) is 20.6 Å². The van der Waals surface area contributed by atoms with E-state index in [1.54, 1.807) is 4.63 Å². The third-order valence-corrected chi connectivity index (χ3v) is 6.85. The largest absolute Gasteiger partial charge is 0.273 e. The van der Waals surface area contributed by atoms with Crippen LogP contribution in [0, 0.1) is 0 Å². The van der Waals surface area contributed by atoms with E-state index in [4.69, 9.17) is 4.98 Å². The SMILES string of the molecule is CS(=O)(=O)c1nsc(N=Nc2c(-c3ccccc3)[nH]n3nc(C4CCCCC4)nc23)n1. The van der Waals surface area contributed by atoms with Crippen molar-refractivity contribution in [3.8, 4) is 11.3 Å². The number of H-pyrrole nitrogens is 1. The van der Waals surface area contributed by atoms with Gasteiger partial charge in [0.15, 0.2) is 11.5 Å². The summed E-state index contributed by atoms with van der Waals surface area (Å²) >= 11 is 0.880. The maximum Gasteiger partial charge on any atom is 0.260 e. The summed E-state index contributed by atoms with van der Waals surface area (Å²) in [5.41, 5.74) is 2.74. The van der Waals surface area contributed by atoms with Gasteiger partial charge in [0, 0.05) is 29.3 Å². The average Bonchev–Trinajstić information content (AvgIpc) is 3.48. The number of nitrogens with one attached hydrogen (secondary N) is 1. The first-order chi connectivity index (χ1) is 15.0. The number of fused-ring (bicyclic) bond motifs is 1. The quantitative estimate of drug-likeness (QED) is 0.442. The molecule has 1 aliphatic rings. The Morgan fingerprint density at radius 2 is 1.87 bits per heavy atom. The average molecular weight is 457 g/mol. The Labute approximate surface area is 182 Å². The highest BCUT2D eigenvalue weighted by molar-refractivity contribution is 7.90. The summed E-state index contributed by atoms with van der Waals surface area (Å²) < 4.78 is 28.7. The Kier molecular flexibility index (Phi) is 5.10. The van der Waals surface area contributed by atoms with E-state index in [1.165, 1.54) is 19.3 Å². The van der Waals surface area contributed by atoms with Crippen molar-refractivity contribution in [2.45, 2.75) is 43.2 Å². The van der Waals surface area contributed by atoms with Gasteiger partial charge >= 0.3 is 0 Å². The lowest BCUT2D eigenvalue weighted by atomic mass is 9.89. The van der Waals surface area contributed by atoms with E-state index in [0.29, 0.717) is 17.3 Å². The molecule has 0 radical (unpaired) electrons. The van der Waals surface area contributed by atoms with Crippen LogP contribution in [0.3, 0.4) is 0 Å². The minimum Gasteiger partial charge on any atom is -0.273 e. The van der Waals surface area contributed by atoms with Crippen LogP contribution < -0.4 is 0 Å². The molecule has 160 valence electrons. The van der Waals surface area contributed by atoms with E-state index in [-0.39, 0.29) is 10.3 Å². The van der Waals surface area contributed by atoms with Crippen molar-refractivity contribution in [2.75, 3.05) is 6.26 Å². The van der Waals surface area contributed by atoms with Crippen LogP contribution >= 0.6 is 11.5 Å². The van der Waals surface area contributed by atoms with Gasteiger partial charge < -0.3 is 0 Å². The predicted octanol–water partition coefficient (Wildman–Crippen LogP) is 4.44. The Morgan fingerprint density at radius 1 is 1.10 bits per heavy atom. The minimum absolute atomic E-state index is 0.158. The second kappa shape index (κ2) is 7.93. The zero-order valence-electron chi connectivity index (χ0n) is 16.8. The molecule has 0 aliphatic heterocycles. The van der Waals surface area contributed by atoms with Crippen LogP contribution in [0.2, 0.25) is 0 Å². The summed E-state index contributed by atoms with van der Waals surface area (Å²) in [6.45, 7) is 0. The number of sulfone groups is 1. The fourth-order valence-electron chi connectivity index (χ4n) is 3.75. The summed E-state index contributed by atoms with van der Waals surface area (Å²) in [7, 11) is -3.50. The van der Waals surface area contributed by atoms with Gasteiger partial charge in [0.25, 0.3) is 5.16 Å². The van der Waals surface area contributed by atoms with E-state index >= 15 is 0 Å². The maximum absolute atomic E-state index is 11.6. The highest BCUT2D eigenvalue weighted by Gasteiger charge is 2.24. The van der Waals surface area contributed by atoms with Crippen LogP contribution in [0.4, 0.5) is 10.8 Å². The van der Waals surface area contributed by atoms with Gasteiger partial charge in [-0.3, -0.25) is 5.10 Å². The van der Waals surface area contributed by atoms with Crippen molar-refractivity contribution >= 4 is 37.8 Å². The summed E-state index contributed by atoms with van der Waals surface area (Å²) in [5, 5.41) is 16.4. The molecule has 1 aromatic carbocycles. The van der Waals surface area contributed by atoms with E-state index in [1.807, 2.05) is 30.3 Å². The second-order valence-electron chi connectivity index (χ2n) is 7.57. The van der Waals surface area contributed by atoms with Crippen LogP contribution in [0.15, 0.2) is 45.7 Å². The summed E-state index contributed by atoms with van der Waals surface area (Å²) in [4.78, 5) is 8.73. The highest BCUT2D eigenvalue weighted by Crippen LogP contribution is 2.36. The van der Waals surface area contributed by atoms with Crippen molar-refractivity contribution in [3.63, 3.8) is 0 Å². The normalized spacial score (nSPS) is 15.9. The van der Waals surface area contributed by atoms with Crippen LogP contribution in [0.25, 0.3) is 16.9 Å². The van der Waals surface area contributed by atoms with Crippen molar-refractivity contribution < 1.29 is 8.42 Å². The Hall–Kier alpha value is -2.99. The number of hydrogen-bond acceptors (Lipinski definition) is 9. The molecule has 0 amide bonds. The second-order valence-corrected chi connectivity index (χ2v) is 10.2. The predicted molar refractivity (Wildman–Crippen MR) is 116 cm³/mol. The Balaban J connectivity index is 1.57. The van der Waals surface area contributed by atoms with Crippen molar-refractivity contribution in [2.24, 2.45) is 10.2 Å². The van der Waals surface area contributed by atoms with Gasteiger partial charge in [0.05, 0.1) is 5.69 Å². The number of aromatic amines is 1. The van der Waals surface area contributed by atoms with E-state index in [9.17, 15) is 8.42 Å². The van der Waals surface area contributed by atoms with Crippen molar-refractivity contribution in [1.29, 1.82) is 0 Å². The third-order valence-electron chi connectivity index (χ3n) is 5.29. The zero-order valence-corrected chi connectivity index (χ0v) is 18.4. The molecule has 0 atom stereocenters. The van der Waals surface area contributed by atoms with Crippen LogP contribution in [0.1, 0.15) is 43.8 Å². The molecule has 3 heterocycles. The monoisotopic (exact) mass is 456 g/mol. The maximum atomic E-state index is 11.6. The molecular formula is C19H20N8O2S2. The first-order valence-corrected chi connectivity index (χ1v) is 12.6. The summed E-state index contributed by atoms with van der Waals surface area (Å²) in [5.74, 6) is 1.17. The Morgan fingerprint density at radius 3 is 2.58 bits per heavy atom. The zero-order chi connectivity index (χ0) is 21.4. The molecule has 0 saturated heterocycles. The topological polar surface area (TPSA) is 131 Å². The summed E-state index contributed by atoms with van der Waals surface area (Å²) in [6.07, 6.45) is 6.89. The lowest BCUT2D eigenvalue weighted by Crippen LogP contribution is -2.06. The van der Waals surface area contributed by atoms with Crippen molar-refractivity contribution in [3.05, 3.63) is 36.2 Å². The molecule has 1 aliphatic carbocycles. The molecule has 1 N–H and O–H groups in total. The fraction of sp³-hybridized carbons (Fsp3) is 0.368. The van der Waals surface area contributed by atoms with Crippen molar-refractivity contribution in [1.82, 2.24) is 29.2 Å². The van der Waals surface area contributed by atoms with Gasteiger partial charge in [-0.05, 0) is 12.8 Å². The van der Waals surface area contributed by atoms with E-state index in [2.05, 4.69) is 29.8 Å². The van der Waals surface area contributed by atoms with Crippen LogP contribution in [-0.4, -0.2) is 43.8 Å². The van der Waals surface area contributed by atoms with Gasteiger partial charge in [-0.15, -0.1) is 15.3 Å². The number of aromatic nitrogens is 6. The van der Waals surface area contributed by atoms with Gasteiger partial charge in [0.1, 0.15) is 0 Å². The van der Waals surface area contributed by atoms with Crippen LogP contribution in [0.5, 0.6) is 0 Å². The van der Waals surface area contributed by atoms with Gasteiger partial charge in [-0.1, -0.05) is 49.6 Å². The number of nitrogens with zero attached hydrogens (tertiary/aromatic N) is 7. The molecule has 31 heavy (non-hydrogen) atoms. The lowest BCUT2D eigenvalue weighted by Gasteiger charge is -2.18. The minimum atomic E-state index is -3.50. The summed E-state index contributed by atoms with van der Waals surface area (Å²) in [6, 6.07) is 9.72. The first kappa shape index (κ1) is 19.9. The standard InChI is InChI=1S/C19H20N8O2S2/c1-31(28,29)19-21-18(30-26-19)23-22-15-14(12-8-4-2-5-9-12)24-27-17(15)20-16(25-27)13-10-6-3-7-11-13/h2,4-5,8-9,13,24H,3,6-7,10-11H2,1H3. The number of azo groups is 1. The van der Waals surface area contributed by atoms with Gasteiger partial charge in [-0.2, -0.15) is 14.0 Å². The fourth-order valence-corrected chi connectivity index (χ4v) is 5.12. The molecule has 0 spiro atoms. The van der Waals surface area contributed by atoms with Crippen LogP contribution in [-0.2, 0) is 9.84 Å². The number of rotatable bonds is 5. The smallest absolute Gasteiger partial charge is 0.260 e. The molecule has 1 fully saturated rings. The third kappa shape index (κ3) is 4.00. The molecule has 4 aromatic rings. The highest BCUT2D eigenvalue weighted by atomic mass is 32.2. The van der Waals surface area contributed by atoms with E-state index in [0.717, 1.165) is 47.7 Å². The first-order valence-electron chi connectivity index (χ1n) is 9.98. The molecule has 0 bridgehead atoms. The molecular weight excluding hydrogens is 436 g/mol. The molecule has 0 unspecified atom stereocenters. The molecule has 10 nitrogen and oxygen atoms in total. The number of benzene rings is 1. The molecule has 3 aromatic heterocycles.